The number of ether oxygens (including phenoxy) is 1. The van der Waals surface area contributed by atoms with Crippen molar-refractivity contribution in [2.45, 2.75) is 58.3 Å². The quantitative estimate of drug-likeness (QED) is 0.318. The van der Waals surface area contributed by atoms with Gasteiger partial charge in [-0.3, -0.25) is 0 Å². The maximum atomic E-state index is 14.0. The summed E-state index contributed by atoms with van der Waals surface area (Å²) < 4.78 is 48.3. The standard InChI is InChI=1S/C28H34BrF3N2O/c1-4-19(3)27(25-12-7-15-33-25)34-24(5-2)21-13-14-26(23(18-21)28(30,31)32)35-16-8-10-20-9-6-11-22(29)17-20/h5-6,8-11,13-14,17-19,25,27,33-34H,4,7,12,15-16H2,1-3H3/b10-8+,24-5-. The summed E-state index contributed by atoms with van der Waals surface area (Å²) >= 11 is 3.41. The maximum absolute atomic E-state index is 14.0. The van der Waals surface area contributed by atoms with Crippen LogP contribution in [0.2, 0.25) is 0 Å². The summed E-state index contributed by atoms with van der Waals surface area (Å²) in [6.07, 6.45) is 4.02. The van der Waals surface area contributed by atoms with E-state index < -0.39 is 11.7 Å². The van der Waals surface area contributed by atoms with Gasteiger partial charge in [0.25, 0.3) is 0 Å². The summed E-state index contributed by atoms with van der Waals surface area (Å²) in [6.45, 7) is 7.19. The van der Waals surface area contributed by atoms with Gasteiger partial charge < -0.3 is 15.4 Å². The Balaban J connectivity index is 1.78. The van der Waals surface area contributed by atoms with Crippen molar-refractivity contribution in [1.29, 1.82) is 0 Å². The van der Waals surface area contributed by atoms with E-state index in [0.717, 1.165) is 35.8 Å². The van der Waals surface area contributed by atoms with Gasteiger partial charge in [0.2, 0.25) is 0 Å². The van der Waals surface area contributed by atoms with Gasteiger partial charge in [0.15, 0.2) is 0 Å². The van der Waals surface area contributed by atoms with Gasteiger partial charge in [-0.1, -0.05) is 60.5 Å². The molecule has 1 fully saturated rings. The van der Waals surface area contributed by atoms with Gasteiger partial charge in [-0.2, -0.15) is 13.2 Å². The normalized spacial score (nSPS) is 18.6. The zero-order valence-electron chi connectivity index (χ0n) is 20.5. The molecule has 3 atom stereocenters. The molecule has 190 valence electrons. The van der Waals surface area contributed by atoms with Crippen LogP contribution in [0.5, 0.6) is 5.75 Å². The molecule has 3 unspecified atom stereocenters. The minimum absolute atomic E-state index is 0.0348. The smallest absolute Gasteiger partial charge is 0.419 e. The van der Waals surface area contributed by atoms with Crippen molar-refractivity contribution < 1.29 is 17.9 Å². The third-order valence-corrected chi connectivity index (χ3v) is 6.98. The lowest BCUT2D eigenvalue weighted by Crippen LogP contribution is -2.48. The molecule has 0 spiro atoms. The Kier molecular flexibility index (Phi) is 9.87. The van der Waals surface area contributed by atoms with Crippen LogP contribution in [-0.2, 0) is 6.18 Å². The zero-order chi connectivity index (χ0) is 25.4. The lowest BCUT2D eigenvalue weighted by atomic mass is 9.91. The molecule has 0 bridgehead atoms. The van der Waals surface area contributed by atoms with E-state index in [1.165, 1.54) is 12.1 Å². The average molecular weight is 551 g/mol. The molecule has 1 aliphatic heterocycles. The summed E-state index contributed by atoms with van der Waals surface area (Å²) in [6, 6.07) is 12.4. The van der Waals surface area contributed by atoms with Gasteiger partial charge >= 0.3 is 6.18 Å². The molecule has 2 N–H and O–H groups in total. The summed E-state index contributed by atoms with van der Waals surface area (Å²) in [5.41, 5.74) is 1.37. The fourth-order valence-electron chi connectivity index (χ4n) is 4.40. The highest BCUT2D eigenvalue weighted by Crippen LogP contribution is 2.38. The van der Waals surface area contributed by atoms with Gasteiger partial charge in [0.1, 0.15) is 12.4 Å². The molecular formula is C28H34BrF3N2O. The molecule has 1 saturated heterocycles. The summed E-state index contributed by atoms with van der Waals surface area (Å²) in [5, 5.41) is 7.10. The lowest BCUT2D eigenvalue weighted by Gasteiger charge is -2.32. The molecule has 2 aromatic rings. The number of allylic oxidation sites excluding steroid dienone is 1. The van der Waals surface area contributed by atoms with E-state index in [1.54, 1.807) is 12.1 Å². The Morgan fingerprint density at radius 3 is 2.69 bits per heavy atom. The predicted molar refractivity (Wildman–Crippen MR) is 141 cm³/mol. The Morgan fingerprint density at radius 1 is 1.26 bits per heavy atom. The Bertz CT molecular complexity index is 1030. The van der Waals surface area contributed by atoms with Gasteiger partial charge in [-0.25, -0.2) is 0 Å². The van der Waals surface area contributed by atoms with Crippen LogP contribution in [0.3, 0.4) is 0 Å². The predicted octanol–water partition coefficient (Wildman–Crippen LogP) is 7.68. The average Bonchev–Trinajstić information content (AvgIpc) is 3.36. The molecule has 3 rings (SSSR count). The van der Waals surface area contributed by atoms with Crippen molar-refractivity contribution >= 4 is 27.7 Å². The van der Waals surface area contributed by atoms with E-state index in [0.29, 0.717) is 23.2 Å². The molecule has 0 aliphatic carbocycles. The third kappa shape index (κ3) is 7.61. The van der Waals surface area contributed by atoms with Crippen LogP contribution < -0.4 is 15.4 Å². The highest BCUT2D eigenvalue weighted by atomic mass is 79.9. The third-order valence-electron chi connectivity index (χ3n) is 6.49. The highest BCUT2D eigenvalue weighted by Gasteiger charge is 2.35. The molecule has 7 heteroatoms. The molecule has 0 amide bonds. The van der Waals surface area contributed by atoms with Gasteiger partial charge in [0.05, 0.1) is 5.56 Å². The Morgan fingerprint density at radius 2 is 2.06 bits per heavy atom. The first-order valence-electron chi connectivity index (χ1n) is 12.2. The van der Waals surface area contributed by atoms with Crippen LogP contribution in [0.25, 0.3) is 11.8 Å². The Hall–Kier alpha value is -2.25. The first-order valence-corrected chi connectivity index (χ1v) is 12.9. The van der Waals surface area contributed by atoms with E-state index >= 15 is 0 Å². The topological polar surface area (TPSA) is 33.3 Å². The van der Waals surface area contributed by atoms with Crippen molar-refractivity contribution in [3.63, 3.8) is 0 Å². The van der Waals surface area contributed by atoms with Gasteiger partial charge in [-0.15, -0.1) is 0 Å². The van der Waals surface area contributed by atoms with Crippen LogP contribution in [0.4, 0.5) is 13.2 Å². The Labute approximate surface area is 215 Å². The van der Waals surface area contributed by atoms with Crippen molar-refractivity contribution in [2.24, 2.45) is 5.92 Å². The van der Waals surface area contributed by atoms with Gasteiger partial charge in [0, 0.05) is 22.3 Å². The molecule has 1 heterocycles. The minimum atomic E-state index is -4.53. The van der Waals surface area contributed by atoms with E-state index in [9.17, 15) is 13.2 Å². The van der Waals surface area contributed by atoms with E-state index in [2.05, 4.69) is 40.4 Å². The monoisotopic (exact) mass is 550 g/mol. The SMILES string of the molecule is C/C=C(\NC(C(C)CC)C1CCCN1)c1ccc(OC/C=C/c2cccc(Br)c2)c(C(F)(F)F)c1. The molecule has 35 heavy (non-hydrogen) atoms. The molecule has 0 saturated carbocycles. The second-order valence-electron chi connectivity index (χ2n) is 8.94. The van der Waals surface area contributed by atoms with Crippen molar-refractivity contribution in [2.75, 3.05) is 13.2 Å². The van der Waals surface area contributed by atoms with E-state index in [-0.39, 0.29) is 18.4 Å². The number of rotatable bonds is 10. The van der Waals surface area contributed by atoms with Crippen molar-refractivity contribution in [3.8, 4) is 5.75 Å². The number of alkyl halides is 3. The summed E-state index contributed by atoms with van der Waals surface area (Å²) in [4.78, 5) is 0. The van der Waals surface area contributed by atoms with Crippen molar-refractivity contribution in [3.05, 3.63) is 75.8 Å². The second-order valence-corrected chi connectivity index (χ2v) is 9.85. The van der Waals surface area contributed by atoms with Crippen LogP contribution in [0.15, 0.2) is 59.1 Å². The van der Waals surface area contributed by atoms with Crippen LogP contribution in [0.1, 0.15) is 56.7 Å². The molecule has 2 aromatic carbocycles. The molecular weight excluding hydrogens is 517 g/mol. The summed E-state index contributed by atoms with van der Waals surface area (Å²) in [5.74, 6) is 0.203. The molecule has 0 aromatic heterocycles. The van der Waals surface area contributed by atoms with E-state index in [1.807, 2.05) is 43.3 Å². The molecule has 0 radical (unpaired) electrons. The number of nitrogens with one attached hydrogen (secondary N) is 2. The van der Waals surface area contributed by atoms with Crippen molar-refractivity contribution in [1.82, 2.24) is 10.6 Å². The first kappa shape index (κ1) is 27.3. The minimum Gasteiger partial charge on any atom is -0.489 e. The maximum Gasteiger partial charge on any atom is 0.419 e. The van der Waals surface area contributed by atoms with Gasteiger partial charge in [-0.05, 0) is 79.8 Å². The number of benzene rings is 2. The van der Waals surface area contributed by atoms with Crippen LogP contribution in [0, 0.1) is 5.92 Å². The van der Waals surface area contributed by atoms with Crippen LogP contribution >= 0.6 is 15.9 Å². The fraction of sp³-hybridized carbons (Fsp3) is 0.429. The second kappa shape index (κ2) is 12.6. The zero-order valence-corrected chi connectivity index (χ0v) is 22.0. The number of halogens is 4. The fourth-order valence-corrected chi connectivity index (χ4v) is 4.82. The van der Waals surface area contributed by atoms with E-state index in [4.69, 9.17) is 4.74 Å². The number of hydrogen-bond donors (Lipinski definition) is 2. The largest absolute Gasteiger partial charge is 0.489 e. The summed E-state index contributed by atoms with van der Waals surface area (Å²) in [7, 11) is 0. The van der Waals surface area contributed by atoms with Crippen LogP contribution in [-0.4, -0.2) is 25.2 Å². The first-order chi connectivity index (χ1) is 16.7. The molecule has 3 nitrogen and oxygen atoms in total. The number of hydrogen-bond acceptors (Lipinski definition) is 3. The highest BCUT2D eigenvalue weighted by molar-refractivity contribution is 9.10. The lowest BCUT2D eigenvalue weighted by molar-refractivity contribution is -0.138. The molecule has 1 aliphatic rings.